The van der Waals surface area contributed by atoms with Crippen LogP contribution in [0.3, 0.4) is 0 Å². The summed E-state index contributed by atoms with van der Waals surface area (Å²) in [5, 5.41) is 5.43. The molecule has 0 bridgehead atoms. The lowest BCUT2D eigenvalue weighted by atomic mass is 9.92. The van der Waals surface area contributed by atoms with Crippen molar-refractivity contribution in [2.75, 3.05) is 13.7 Å². The van der Waals surface area contributed by atoms with Crippen LogP contribution in [0.25, 0.3) is 0 Å². The van der Waals surface area contributed by atoms with E-state index < -0.39 is 59.2 Å². The maximum atomic E-state index is 14.1. The van der Waals surface area contributed by atoms with Gasteiger partial charge in [0, 0.05) is 11.8 Å². The molecular formula is C28H43N3O7. The van der Waals surface area contributed by atoms with E-state index >= 15 is 0 Å². The van der Waals surface area contributed by atoms with E-state index in [1.165, 1.54) is 12.0 Å². The zero-order valence-corrected chi connectivity index (χ0v) is 24.0. The molecule has 0 aliphatic carbocycles. The summed E-state index contributed by atoms with van der Waals surface area (Å²) in [6, 6.07) is 6.31. The number of nitrogens with one attached hydrogen (secondary N) is 2. The van der Waals surface area contributed by atoms with Crippen molar-refractivity contribution in [3.8, 4) is 0 Å². The number of carbonyl (C=O) groups is 4. The Hall–Kier alpha value is -3.14. The normalized spacial score (nSPS) is 19.5. The Bertz CT molecular complexity index is 982. The summed E-state index contributed by atoms with van der Waals surface area (Å²) in [4.78, 5) is 54.0. The SMILES string of the molecule is COC(=O)[C@@H](NC(=O)[C@@H]1CO[C@H](C(C)(C)C)N1C(=O)[C@H](Cc1ccccc1)NC(=O)OC(C)(C)C)C(C)C. The molecule has 1 aliphatic heterocycles. The van der Waals surface area contributed by atoms with Gasteiger partial charge in [-0.1, -0.05) is 65.0 Å². The van der Waals surface area contributed by atoms with Crippen LogP contribution in [-0.4, -0.2) is 72.4 Å². The van der Waals surface area contributed by atoms with E-state index in [1.807, 2.05) is 51.1 Å². The molecule has 1 aliphatic rings. The quantitative estimate of drug-likeness (QED) is 0.493. The molecule has 212 valence electrons. The molecular weight excluding hydrogens is 490 g/mol. The first kappa shape index (κ1) is 31.1. The smallest absolute Gasteiger partial charge is 0.408 e. The fourth-order valence-corrected chi connectivity index (χ4v) is 4.20. The zero-order valence-electron chi connectivity index (χ0n) is 24.0. The second-order valence-electron chi connectivity index (χ2n) is 12.0. The topological polar surface area (TPSA) is 123 Å². The van der Waals surface area contributed by atoms with Crippen LogP contribution in [0.15, 0.2) is 30.3 Å². The molecule has 1 aromatic carbocycles. The minimum Gasteiger partial charge on any atom is -0.467 e. The van der Waals surface area contributed by atoms with Crippen molar-refractivity contribution in [2.24, 2.45) is 11.3 Å². The highest BCUT2D eigenvalue weighted by atomic mass is 16.6. The molecule has 0 saturated carbocycles. The predicted octanol–water partition coefficient (Wildman–Crippen LogP) is 3.04. The van der Waals surface area contributed by atoms with Gasteiger partial charge < -0.3 is 29.7 Å². The van der Waals surface area contributed by atoms with Gasteiger partial charge >= 0.3 is 12.1 Å². The number of esters is 1. The van der Waals surface area contributed by atoms with Gasteiger partial charge in [0.15, 0.2) is 0 Å². The number of rotatable bonds is 8. The molecule has 1 saturated heterocycles. The van der Waals surface area contributed by atoms with Crippen molar-refractivity contribution in [3.63, 3.8) is 0 Å². The largest absolute Gasteiger partial charge is 0.467 e. The average molecular weight is 534 g/mol. The van der Waals surface area contributed by atoms with Crippen molar-refractivity contribution in [1.82, 2.24) is 15.5 Å². The van der Waals surface area contributed by atoms with E-state index in [2.05, 4.69) is 10.6 Å². The van der Waals surface area contributed by atoms with Crippen LogP contribution in [0.4, 0.5) is 4.79 Å². The number of carbonyl (C=O) groups excluding carboxylic acids is 4. The van der Waals surface area contributed by atoms with E-state index in [9.17, 15) is 19.2 Å². The summed E-state index contributed by atoms with van der Waals surface area (Å²) < 4.78 is 16.3. The Labute approximate surface area is 225 Å². The lowest BCUT2D eigenvalue weighted by Gasteiger charge is -2.37. The molecule has 4 atom stereocenters. The number of methoxy groups -OCH3 is 1. The summed E-state index contributed by atoms with van der Waals surface area (Å²) >= 11 is 0. The zero-order chi connectivity index (χ0) is 28.8. The minimum absolute atomic E-state index is 0.0595. The predicted molar refractivity (Wildman–Crippen MR) is 142 cm³/mol. The van der Waals surface area contributed by atoms with Crippen LogP contribution in [0.5, 0.6) is 0 Å². The van der Waals surface area contributed by atoms with Gasteiger partial charge in [0.2, 0.25) is 11.8 Å². The lowest BCUT2D eigenvalue weighted by molar-refractivity contribution is -0.151. The summed E-state index contributed by atoms with van der Waals surface area (Å²) in [6.45, 7) is 14.4. The Morgan fingerprint density at radius 2 is 1.63 bits per heavy atom. The molecule has 38 heavy (non-hydrogen) atoms. The van der Waals surface area contributed by atoms with Crippen molar-refractivity contribution in [1.29, 1.82) is 0 Å². The minimum atomic E-state index is -1.03. The van der Waals surface area contributed by atoms with Crippen LogP contribution in [0, 0.1) is 11.3 Å². The fraction of sp³-hybridized carbons (Fsp3) is 0.643. The number of nitrogens with zero attached hydrogens (tertiary/aromatic N) is 1. The van der Waals surface area contributed by atoms with Crippen LogP contribution in [0.2, 0.25) is 0 Å². The first-order valence-corrected chi connectivity index (χ1v) is 12.9. The van der Waals surface area contributed by atoms with Gasteiger partial charge in [0.1, 0.15) is 30.0 Å². The van der Waals surface area contributed by atoms with E-state index in [4.69, 9.17) is 14.2 Å². The molecule has 3 amide bonds. The Morgan fingerprint density at radius 3 is 2.13 bits per heavy atom. The third-order valence-electron chi connectivity index (χ3n) is 5.99. The van der Waals surface area contributed by atoms with Gasteiger partial charge in [-0.2, -0.15) is 0 Å². The van der Waals surface area contributed by atoms with E-state index in [1.54, 1.807) is 34.6 Å². The molecule has 10 heteroatoms. The van der Waals surface area contributed by atoms with E-state index in [0.717, 1.165) is 5.56 Å². The van der Waals surface area contributed by atoms with Crippen molar-refractivity contribution in [3.05, 3.63) is 35.9 Å². The van der Waals surface area contributed by atoms with Crippen LogP contribution < -0.4 is 10.6 Å². The molecule has 0 spiro atoms. The highest BCUT2D eigenvalue weighted by molar-refractivity contribution is 5.94. The van der Waals surface area contributed by atoms with E-state index in [0.29, 0.717) is 0 Å². The fourth-order valence-electron chi connectivity index (χ4n) is 4.20. The average Bonchev–Trinajstić information content (AvgIpc) is 3.26. The highest BCUT2D eigenvalue weighted by Crippen LogP contribution is 2.33. The molecule has 1 heterocycles. The Morgan fingerprint density at radius 1 is 1.03 bits per heavy atom. The van der Waals surface area contributed by atoms with Crippen LogP contribution in [-0.2, 0) is 35.0 Å². The first-order valence-electron chi connectivity index (χ1n) is 12.9. The number of alkyl carbamates (subject to hydrolysis) is 1. The van der Waals surface area contributed by atoms with Gasteiger partial charge in [-0.25, -0.2) is 9.59 Å². The monoisotopic (exact) mass is 533 g/mol. The molecule has 10 nitrogen and oxygen atoms in total. The Kier molecular flexibility index (Phi) is 10.3. The van der Waals surface area contributed by atoms with Gasteiger partial charge in [-0.05, 0) is 32.3 Å². The number of hydrogen-bond acceptors (Lipinski definition) is 7. The second kappa shape index (κ2) is 12.6. The number of hydrogen-bond donors (Lipinski definition) is 2. The molecule has 2 N–H and O–H groups in total. The standard InChI is InChI=1S/C28H43N3O7/c1-17(2)21(24(34)36-9)30-22(32)20-16-37-25(27(3,4)5)31(20)23(33)19(15-18-13-11-10-12-14-18)29-26(35)38-28(6,7)8/h10-14,17,19-21,25H,15-16H2,1-9H3,(H,29,35)(H,30,32)/t19-,20-,21-,25+/m0/s1. The Balaban J connectivity index is 2.43. The number of ether oxygens (including phenoxy) is 3. The lowest BCUT2D eigenvalue weighted by Crippen LogP contribution is -2.60. The summed E-state index contributed by atoms with van der Waals surface area (Å²) in [5.74, 6) is -1.84. The van der Waals surface area contributed by atoms with E-state index in [-0.39, 0.29) is 18.9 Å². The van der Waals surface area contributed by atoms with Crippen LogP contribution in [0.1, 0.15) is 61.0 Å². The van der Waals surface area contributed by atoms with Crippen molar-refractivity contribution >= 4 is 23.9 Å². The van der Waals surface area contributed by atoms with Gasteiger partial charge in [-0.15, -0.1) is 0 Å². The second-order valence-corrected chi connectivity index (χ2v) is 12.0. The molecule has 0 unspecified atom stereocenters. The maximum absolute atomic E-state index is 14.1. The van der Waals surface area contributed by atoms with Gasteiger partial charge in [-0.3, -0.25) is 9.59 Å². The van der Waals surface area contributed by atoms with Crippen molar-refractivity contribution in [2.45, 2.75) is 91.8 Å². The summed E-state index contributed by atoms with van der Waals surface area (Å²) in [5.41, 5.74) is -0.494. The maximum Gasteiger partial charge on any atom is 0.408 e. The van der Waals surface area contributed by atoms with Crippen molar-refractivity contribution < 1.29 is 33.4 Å². The summed E-state index contributed by atoms with van der Waals surface area (Å²) in [7, 11) is 1.25. The molecule has 1 aromatic rings. The molecule has 0 radical (unpaired) electrons. The van der Waals surface area contributed by atoms with Gasteiger partial charge in [0.05, 0.1) is 13.7 Å². The third kappa shape index (κ3) is 8.44. The number of benzene rings is 1. The first-order chi connectivity index (χ1) is 17.5. The van der Waals surface area contributed by atoms with Crippen LogP contribution >= 0.6 is 0 Å². The summed E-state index contributed by atoms with van der Waals surface area (Å²) in [6.07, 6.45) is -1.32. The number of amides is 3. The molecule has 0 aromatic heterocycles. The third-order valence-corrected chi connectivity index (χ3v) is 5.99. The highest BCUT2D eigenvalue weighted by Gasteiger charge is 2.49. The van der Waals surface area contributed by atoms with Gasteiger partial charge in [0.25, 0.3) is 0 Å². The molecule has 1 fully saturated rings. The molecule has 2 rings (SSSR count).